The first-order valence-electron chi connectivity index (χ1n) is 52.5. The molecule has 21 atom stereocenters. The minimum atomic E-state index is -2.19. The van der Waals surface area contributed by atoms with E-state index in [1.807, 2.05) is 32.0 Å². The summed E-state index contributed by atoms with van der Waals surface area (Å²) in [5, 5.41) is 25.6. The Balaban J connectivity index is 0.000000148. The molecular weight excluding hydrogens is 2010 g/mol. The molecule has 0 radical (unpaired) electrons. The summed E-state index contributed by atoms with van der Waals surface area (Å²) in [6.07, 6.45) is 7.50. The highest BCUT2D eigenvalue weighted by molar-refractivity contribution is 7.45. The second-order valence-electron chi connectivity index (χ2n) is 40.7. The van der Waals surface area contributed by atoms with Crippen molar-refractivity contribution >= 4 is 127 Å². The summed E-state index contributed by atoms with van der Waals surface area (Å²) in [4.78, 5) is 85.5. The lowest BCUT2D eigenvalue weighted by molar-refractivity contribution is -0.119. The molecule has 0 spiro atoms. The number of nitrogens with one attached hydrogen (secondary N) is 3. The normalized spacial score (nSPS) is 26.7. The molecule has 3 amide bonds. The van der Waals surface area contributed by atoms with E-state index in [9.17, 15) is 24.0 Å². The zero-order valence-corrected chi connectivity index (χ0v) is 93.0. The van der Waals surface area contributed by atoms with Crippen LogP contribution in [0, 0.1) is 23.2 Å². The lowest BCUT2D eigenvalue weighted by Crippen LogP contribution is -2.58. The number of fused-ring (bicyclic) bond motifs is 4. The van der Waals surface area contributed by atoms with Gasteiger partial charge in [-0.1, -0.05) is 299 Å². The first kappa shape index (κ1) is 109. The number of carbonyl (C=O) groups is 3. The SMILES string of the molecule is CC[C@H]1O[C@@H](n2ccc(NC(=O)C(C)C)nc2=O)[C@@H](OC)C1O[P@@]1O[C@H](C[Si](C)(c2ccccc2)c2ccccc2)[C@@H]2CCCN21.CC[C@H]1O[C@@H](n2ccc(NC(=O)C(C)C)nc2=O)[C@@H](OC)C1O[P@]1O[C@@H](C[Si](C)(c2ccccc2)c2ccccc2)[C@H]2CCCN21.CC[C@H]1O[C@@H](n2cnc3c(OCCC#N)nc(NC(=O)COc4ccccc4)nc32)[C@@H](OC)C1O[P@@]1O[C@H](C[Si](C)(c2ccccc2)c2ccccc2)[C@@H]2CCCN21. The molecule has 9 aliphatic rings. The van der Waals surface area contributed by atoms with E-state index in [1.54, 1.807) is 96.6 Å². The topological polar surface area (TPSA) is 363 Å². The van der Waals surface area contributed by atoms with Crippen LogP contribution >= 0.6 is 25.6 Å². The Hall–Kier alpha value is -10.3. The van der Waals surface area contributed by atoms with Crippen molar-refractivity contribution in [3.8, 4) is 17.7 Å². The first-order valence-corrected chi connectivity index (χ1v) is 64.0. The van der Waals surface area contributed by atoms with Crippen molar-refractivity contribution in [3.05, 3.63) is 264 Å². The molecule has 0 bridgehead atoms. The molecule has 34 nitrogen and oxygen atoms in total. The second kappa shape index (κ2) is 49.8. The van der Waals surface area contributed by atoms with E-state index in [4.69, 9.17) is 75.3 Å². The van der Waals surface area contributed by atoms with Crippen molar-refractivity contribution in [1.29, 1.82) is 5.26 Å². The van der Waals surface area contributed by atoms with E-state index in [0.29, 0.717) is 48.3 Å². The van der Waals surface area contributed by atoms with E-state index in [2.05, 4.69) is 265 Å². The Kier molecular flexibility index (Phi) is 36.4. The maximum absolute atomic E-state index is 13.1. The van der Waals surface area contributed by atoms with Crippen LogP contribution < -0.4 is 67.9 Å². The molecule has 150 heavy (non-hydrogen) atoms. The number of nitrogens with zero attached hydrogens (tertiary/aromatic N) is 12. The Morgan fingerprint density at radius 3 is 1.08 bits per heavy atom. The zero-order chi connectivity index (χ0) is 105. The average molecular weight is 2150 g/mol. The summed E-state index contributed by atoms with van der Waals surface area (Å²) >= 11 is 0. The number of aromatic nitrogens is 8. The maximum atomic E-state index is 13.1. The van der Waals surface area contributed by atoms with Gasteiger partial charge in [0.1, 0.15) is 84.8 Å². The first-order chi connectivity index (χ1) is 72.8. The number of hydrogen-bond donors (Lipinski definition) is 3. The van der Waals surface area contributed by atoms with Crippen molar-refractivity contribution in [2.24, 2.45) is 11.8 Å². The number of nitriles is 1. The van der Waals surface area contributed by atoms with Crippen LogP contribution in [-0.2, 0) is 69.9 Å². The average Bonchev–Trinajstić information content (AvgIpc) is 1.33. The van der Waals surface area contributed by atoms with E-state index in [1.165, 1.54) is 40.3 Å². The number of amides is 3. The van der Waals surface area contributed by atoms with Gasteiger partial charge in [-0.05, 0) is 100 Å². The molecule has 0 saturated carbocycles. The Labute approximate surface area is 883 Å². The minimum absolute atomic E-state index is 0.00911. The Morgan fingerprint density at radius 2 is 0.767 bits per heavy atom. The molecule has 7 aromatic carbocycles. The van der Waals surface area contributed by atoms with Gasteiger partial charge in [0.2, 0.25) is 23.6 Å². The Morgan fingerprint density at radius 1 is 0.433 bits per heavy atom. The number of anilines is 3. The number of hydrogen-bond acceptors (Lipinski definition) is 28. The zero-order valence-electron chi connectivity index (χ0n) is 87.3. The summed E-state index contributed by atoms with van der Waals surface area (Å²) in [6.45, 7) is 23.3. The summed E-state index contributed by atoms with van der Waals surface area (Å²) in [6, 6.07) is 83.5. The monoisotopic (exact) mass is 2150 g/mol. The Bertz CT molecular complexity index is 6150. The fraction of sp³-hybridized carbons (Fsp3) is 0.464. The fourth-order valence-corrected chi connectivity index (χ4v) is 40.1. The summed E-state index contributed by atoms with van der Waals surface area (Å²) in [5.41, 5.74) is -0.352. The fourth-order valence-electron chi connectivity index (χ4n) is 22.2. The van der Waals surface area contributed by atoms with E-state index in [0.717, 1.165) is 76.3 Å². The molecular formula is C110H138N15O19P3Si3. The van der Waals surface area contributed by atoms with Gasteiger partial charge in [-0.2, -0.15) is 25.2 Å². The second-order valence-corrected chi connectivity index (χ2v) is 57.6. The van der Waals surface area contributed by atoms with Crippen molar-refractivity contribution in [3.63, 3.8) is 0 Å². The highest BCUT2D eigenvalue weighted by atomic mass is 31.2. The van der Waals surface area contributed by atoms with Crippen LogP contribution in [0.1, 0.15) is 131 Å². The quantitative estimate of drug-likeness (QED) is 0.0184. The molecule has 0 aliphatic carbocycles. The number of para-hydroxylation sites is 1. The summed E-state index contributed by atoms with van der Waals surface area (Å²) in [7, 11) is -5.73. The van der Waals surface area contributed by atoms with Gasteiger partial charge >= 0.3 is 11.4 Å². The standard InChI is InChI=1S/C42H48N7O7PSi.2C34H45N4O6PSi/c1-4-33-37(56-57-49-24-14-22-32(49)34(55-57)27-58(3,30-18-10-6-11-19-30)31-20-12-7-13-21-31)38(51-2)41(54-33)48-28-44-36-39(48)46-42(47-40(36)52-25-15-23-43)45-35(50)26-53-29-16-8-5-9-17-29;2*1-6-27-30(31(41-4)33(42-27)37-21-19-29(36-34(37)40)35-32(39)23(2)3)44-45-38-20-13-18-26(38)28(43-45)22-46(5,24-14-9-7-10-15-24)25-16-11-8-12-17-25/h5-13,16-21,28,32-34,37-38,41H,4,14-15,22,24-27H2,1-3H3,(H,45,46,47,50);2*7-12,14-17,19,21,23,26-28,30-31,33H,6,13,18,20,22H2,1-5H3,(H,35,36,39,40)/t32-,33+,34+,37?,38-,41+,57+;26-,27+,28+,30?,31-,33+,45+;26-,27-,28+,30?,31+,33-,45+/m001/s1. The van der Waals surface area contributed by atoms with Crippen LogP contribution in [0.4, 0.5) is 17.6 Å². The van der Waals surface area contributed by atoms with E-state index >= 15 is 0 Å². The molecule has 13 heterocycles. The molecule has 3 N–H and O–H groups in total. The highest BCUT2D eigenvalue weighted by Gasteiger charge is 2.59. The van der Waals surface area contributed by atoms with Crippen molar-refractivity contribution in [2.75, 3.05) is 70.1 Å². The number of carbonyl (C=O) groups excluding carboxylic acids is 3. The van der Waals surface area contributed by atoms with Gasteiger partial charge in [-0.25, -0.2) is 28.6 Å². The van der Waals surface area contributed by atoms with Gasteiger partial charge < -0.3 is 75.7 Å². The van der Waals surface area contributed by atoms with Gasteiger partial charge in [0.25, 0.3) is 31.5 Å². The van der Waals surface area contributed by atoms with Gasteiger partial charge in [0, 0.05) is 83.3 Å². The van der Waals surface area contributed by atoms with Crippen molar-refractivity contribution in [1.82, 2.24) is 52.6 Å². The number of methoxy groups -OCH3 is 3. The number of ether oxygens (including phenoxy) is 8. The third kappa shape index (κ3) is 24.0. The number of imidazole rings is 1. The van der Waals surface area contributed by atoms with Crippen LogP contribution in [0.15, 0.2) is 253 Å². The predicted octanol–water partition coefficient (Wildman–Crippen LogP) is 14.9. The highest BCUT2D eigenvalue weighted by Crippen LogP contribution is 2.63. The molecule has 9 fully saturated rings. The summed E-state index contributed by atoms with van der Waals surface area (Å²) in [5.74, 6) is -0.241. The molecule has 794 valence electrons. The van der Waals surface area contributed by atoms with Gasteiger partial charge in [0.05, 0.1) is 55.4 Å². The number of rotatable bonds is 38. The van der Waals surface area contributed by atoms with E-state index in [-0.39, 0.29) is 109 Å². The van der Waals surface area contributed by atoms with Crippen molar-refractivity contribution < 1.29 is 79.4 Å². The molecule has 20 rings (SSSR count). The number of benzene rings is 7. The molecule has 3 unspecified atom stereocenters. The molecule has 4 aromatic heterocycles. The van der Waals surface area contributed by atoms with Gasteiger partial charge in [-0.15, -0.1) is 0 Å². The van der Waals surface area contributed by atoms with Crippen molar-refractivity contribution in [2.45, 2.75) is 261 Å². The lowest BCUT2D eigenvalue weighted by atomic mass is 10.1. The predicted molar refractivity (Wildman–Crippen MR) is 585 cm³/mol. The summed E-state index contributed by atoms with van der Waals surface area (Å²) < 4.78 is 103. The van der Waals surface area contributed by atoms with Crippen LogP contribution in [0.5, 0.6) is 11.6 Å². The lowest BCUT2D eigenvalue weighted by Gasteiger charge is -2.32. The van der Waals surface area contributed by atoms with Crippen LogP contribution in [0.25, 0.3) is 11.2 Å². The maximum Gasteiger partial charge on any atom is 0.351 e. The smallest absolute Gasteiger partial charge is 0.351 e. The van der Waals surface area contributed by atoms with Crippen LogP contribution in [-0.4, -0.2) is 240 Å². The molecule has 40 heteroatoms. The minimum Gasteiger partial charge on any atom is -0.484 e. The third-order valence-electron chi connectivity index (χ3n) is 30.5. The van der Waals surface area contributed by atoms with Crippen LogP contribution in [0.3, 0.4) is 0 Å². The van der Waals surface area contributed by atoms with Crippen LogP contribution in [0.2, 0.25) is 37.8 Å². The molecule has 9 aliphatic heterocycles. The third-order valence-corrected chi connectivity index (χ3v) is 49.1. The van der Waals surface area contributed by atoms with Gasteiger partial charge in [-0.3, -0.25) is 33.4 Å². The van der Waals surface area contributed by atoms with Gasteiger partial charge in [0.15, 0.2) is 36.5 Å². The van der Waals surface area contributed by atoms with E-state index < -0.39 is 122 Å². The largest absolute Gasteiger partial charge is 0.484 e. The molecule has 11 aromatic rings. The molecule has 9 saturated heterocycles.